The van der Waals surface area contributed by atoms with Crippen molar-refractivity contribution in [1.82, 2.24) is 25.2 Å². The summed E-state index contributed by atoms with van der Waals surface area (Å²) in [5.41, 5.74) is 8.04. The molecule has 3 aromatic rings. The SMILES string of the molecule is Nc1ccnc(CSc2nnnn2-c2ccc(O)cc2)c1. The topological polar surface area (TPSA) is 103 Å². The second-order valence-electron chi connectivity index (χ2n) is 4.26. The average Bonchev–Trinajstić information content (AvgIpc) is 2.94. The summed E-state index contributed by atoms with van der Waals surface area (Å²) >= 11 is 1.46. The number of nitrogens with zero attached hydrogens (tertiary/aromatic N) is 5. The molecule has 7 nitrogen and oxygen atoms in total. The van der Waals surface area contributed by atoms with E-state index in [9.17, 15) is 5.11 Å². The van der Waals surface area contributed by atoms with E-state index in [2.05, 4.69) is 20.5 Å². The highest BCUT2D eigenvalue weighted by atomic mass is 32.2. The fourth-order valence-corrected chi connectivity index (χ4v) is 2.53. The lowest BCUT2D eigenvalue weighted by molar-refractivity contribution is 0.475. The zero-order valence-corrected chi connectivity index (χ0v) is 11.7. The molecule has 0 radical (unpaired) electrons. The van der Waals surface area contributed by atoms with Crippen molar-refractivity contribution in [3.8, 4) is 11.4 Å². The van der Waals surface area contributed by atoms with Crippen LogP contribution in [0.25, 0.3) is 5.69 Å². The molecule has 0 spiro atoms. The van der Waals surface area contributed by atoms with Crippen molar-refractivity contribution in [1.29, 1.82) is 0 Å². The third-order valence-corrected chi connectivity index (χ3v) is 3.68. The highest BCUT2D eigenvalue weighted by molar-refractivity contribution is 7.98. The molecule has 0 aliphatic carbocycles. The van der Waals surface area contributed by atoms with Crippen LogP contribution in [0.2, 0.25) is 0 Å². The van der Waals surface area contributed by atoms with Crippen LogP contribution < -0.4 is 5.73 Å². The van der Waals surface area contributed by atoms with Gasteiger partial charge < -0.3 is 10.8 Å². The summed E-state index contributed by atoms with van der Waals surface area (Å²) in [5, 5.41) is 21.6. The quantitative estimate of drug-likeness (QED) is 0.706. The van der Waals surface area contributed by atoms with Gasteiger partial charge in [-0.25, -0.2) is 0 Å². The highest BCUT2D eigenvalue weighted by Gasteiger charge is 2.09. The van der Waals surface area contributed by atoms with E-state index in [0.29, 0.717) is 16.6 Å². The molecule has 0 atom stereocenters. The van der Waals surface area contributed by atoms with Crippen LogP contribution in [-0.4, -0.2) is 30.3 Å². The molecule has 8 heteroatoms. The number of phenolic OH excluding ortho intramolecular Hbond substituents is 1. The second kappa shape index (κ2) is 5.80. The Labute approximate surface area is 124 Å². The summed E-state index contributed by atoms with van der Waals surface area (Å²) in [6.07, 6.45) is 1.67. The maximum Gasteiger partial charge on any atom is 0.214 e. The minimum atomic E-state index is 0.199. The summed E-state index contributed by atoms with van der Waals surface area (Å²) in [4.78, 5) is 4.24. The molecule has 0 saturated heterocycles. The molecule has 0 amide bonds. The number of thioether (sulfide) groups is 1. The van der Waals surface area contributed by atoms with Crippen LogP contribution in [-0.2, 0) is 5.75 Å². The van der Waals surface area contributed by atoms with Gasteiger partial charge in [-0.3, -0.25) is 4.98 Å². The van der Waals surface area contributed by atoms with Crippen LogP contribution in [0.4, 0.5) is 5.69 Å². The predicted octanol–water partition coefficient (Wildman–Crippen LogP) is 1.64. The maximum atomic E-state index is 9.32. The lowest BCUT2D eigenvalue weighted by Gasteiger charge is -2.04. The Morgan fingerprint density at radius 2 is 2.00 bits per heavy atom. The average molecular weight is 300 g/mol. The summed E-state index contributed by atoms with van der Waals surface area (Å²) in [6.45, 7) is 0. The van der Waals surface area contributed by atoms with Gasteiger partial charge in [0, 0.05) is 17.6 Å². The Hall–Kier alpha value is -2.61. The van der Waals surface area contributed by atoms with Crippen molar-refractivity contribution in [2.75, 3.05) is 5.73 Å². The smallest absolute Gasteiger partial charge is 0.214 e. The zero-order chi connectivity index (χ0) is 14.7. The number of pyridine rings is 1. The third kappa shape index (κ3) is 3.11. The molecule has 0 saturated carbocycles. The lowest BCUT2D eigenvalue weighted by atomic mass is 10.3. The van der Waals surface area contributed by atoms with Gasteiger partial charge in [0.1, 0.15) is 5.75 Å². The second-order valence-corrected chi connectivity index (χ2v) is 5.20. The van der Waals surface area contributed by atoms with Crippen molar-refractivity contribution in [2.45, 2.75) is 10.9 Å². The molecular weight excluding hydrogens is 288 g/mol. The first kappa shape index (κ1) is 13.4. The van der Waals surface area contributed by atoms with Crippen LogP contribution >= 0.6 is 11.8 Å². The standard InChI is InChI=1S/C13H12N6OS/c14-9-5-6-15-10(7-9)8-21-13-16-17-18-19(13)11-1-3-12(20)4-2-11/h1-7,20H,8H2,(H2,14,15). The molecule has 3 N–H and O–H groups in total. The molecule has 2 aromatic heterocycles. The first-order valence-corrected chi connectivity index (χ1v) is 7.12. The fourth-order valence-electron chi connectivity index (χ4n) is 1.74. The van der Waals surface area contributed by atoms with E-state index in [1.807, 2.05) is 6.07 Å². The molecular formula is C13H12N6OS. The minimum Gasteiger partial charge on any atom is -0.508 e. The number of phenols is 1. The Balaban J connectivity index is 1.78. The molecule has 2 heterocycles. The van der Waals surface area contributed by atoms with Gasteiger partial charge in [-0.05, 0) is 46.8 Å². The molecule has 0 fully saturated rings. The Bertz CT molecular complexity index is 742. The third-order valence-electron chi connectivity index (χ3n) is 2.72. The van der Waals surface area contributed by atoms with E-state index >= 15 is 0 Å². The normalized spacial score (nSPS) is 10.7. The number of aromatic hydroxyl groups is 1. The van der Waals surface area contributed by atoms with Gasteiger partial charge in [0.05, 0.1) is 11.4 Å². The molecule has 0 unspecified atom stereocenters. The Morgan fingerprint density at radius 3 is 2.76 bits per heavy atom. The summed E-state index contributed by atoms with van der Waals surface area (Å²) < 4.78 is 1.61. The van der Waals surface area contributed by atoms with Gasteiger partial charge in [0.15, 0.2) is 0 Å². The van der Waals surface area contributed by atoms with Crippen molar-refractivity contribution in [2.24, 2.45) is 0 Å². The molecule has 0 aliphatic heterocycles. The fraction of sp³-hybridized carbons (Fsp3) is 0.0769. The van der Waals surface area contributed by atoms with Crippen molar-refractivity contribution in [3.05, 3.63) is 48.3 Å². The summed E-state index contributed by atoms with van der Waals surface area (Å²) in [5.74, 6) is 0.814. The molecule has 1 aromatic carbocycles. The van der Waals surface area contributed by atoms with Crippen LogP contribution in [0.3, 0.4) is 0 Å². The Morgan fingerprint density at radius 1 is 1.19 bits per heavy atom. The molecule has 0 bridgehead atoms. The number of nitrogens with two attached hydrogens (primary N) is 1. The highest BCUT2D eigenvalue weighted by Crippen LogP contribution is 2.23. The van der Waals surface area contributed by atoms with Gasteiger partial charge in [-0.2, -0.15) is 4.68 Å². The van der Waals surface area contributed by atoms with E-state index in [0.717, 1.165) is 11.4 Å². The van der Waals surface area contributed by atoms with Crippen molar-refractivity contribution in [3.63, 3.8) is 0 Å². The van der Waals surface area contributed by atoms with Gasteiger partial charge in [0.2, 0.25) is 5.16 Å². The van der Waals surface area contributed by atoms with E-state index < -0.39 is 0 Å². The number of rotatable bonds is 4. The van der Waals surface area contributed by atoms with Crippen LogP contribution in [0.1, 0.15) is 5.69 Å². The Kier molecular flexibility index (Phi) is 3.69. The largest absolute Gasteiger partial charge is 0.508 e. The van der Waals surface area contributed by atoms with Gasteiger partial charge in [-0.15, -0.1) is 5.10 Å². The lowest BCUT2D eigenvalue weighted by Crippen LogP contribution is -1.99. The number of hydrogen-bond donors (Lipinski definition) is 2. The molecule has 106 valence electrons. The number of hydrogen-bond acceptors (Lipinski definition) is 7. The van der Waals surface area contributed by atoms with E-state index in [1.165, 1.54) is 11.8 Å². The summed E-state index contributed by atoms with van der Waals surface area (Å²) in [7, 11) is 0. The monoisotopic (exact) mass is 300 g/mol. The molecule has 0 aliphatic rings. The van der Waals surface area contributed by atoms with Crippen molar-refractivity contribution < 1.29 is 5.11 Å². The van der Waals surface area contributed by atoms with Crippen LogP contribution in [0.5, 0.6) is 5.75 Å². The number of tetrazole rings is 1. The number of aromatic nitrogens is 5. The van der Waals surface area contributed by atoms with Gasteiger partial charge in [-0.1, -0.05) is 11.8 Å². The van der Waals surface area contributed by atoms with E-state index in [1.54, 1.807) is 41.2 Å². The van der Waals surface area contributed by atoms with Crippen molar-refractivity contribution >= 4 is 17.4 Å². The van der Waals surface area contributed by atoms with Gasteiger partial charge >= 0.3 is 0 Å². The first-order chi connectivity index (χ1) is 10.2. The summed E-state index contributed by atoms with van der Waals surface area (Å²) in [6, 6.07) is 10.2. The maximum absolute atomic E-state index is 9.32. The number of nitrogen functional groups attached to an aromatic ring is 1. The van der Waals surface area contributed by atoms with Crippen LogP contribution in [0.15, 0.2) is 47.8 Å². The molecule has 21 heavy (non-hydrogen) atoms. The predicted molar refractivity (Wildman–Crippen MR) is 79.0 cm³/mol. The number of anilines is 1. The minimum absolute atomic E-state index is 0.199. The van der Waals surface area contributed by atoms with E-state index in [4.69, 9.17) is 5.73 Å². The van der Waals surface area contributed by atoms with Crippen LogP contribution in [0, 0.1) is 0 Å². The molecule has 3 rings (SSSR count). The van der Waals surface area contributed by atoms with E-state index in [-0.39, 0.29) is 5.75 Å². The van der Waals surface area contributed by atoms with Gasteiger partial charge in [0.25, 0.3) is 0 Å². The zero-order valence-electron chi connectivity index (χ0n) is 10.9. The number of benzene rings is 1. The first-order valence-electron chi connectivity index (χ1n) is 6.13.